The summed E-state index contributed by atoms with van der Waals surface area (Å²) in [6, 6.07) is 17.2. The number of carbonyl (C=O) groups excluding carboxylic acids is 2. The van der Waals surface area contributed by atoms with Crippen LogP contribution in [-0.4, -0.2) is 31.3 Å². The molecule has 4 nitrogen and oxygen atoms in total. The van der Waals surface area contributed by atoms with E-state index in [0.29, 0.717) is 17.2 Å². The van der Waals surface area contributed by atoms with E-state index in [-0.39, 0.29) is 18.2 Å². The number of hydrogen-bond donors (Lipinski definition) is 1. The second kappa shape index (κ2) is 8.65. The van der Waals surface area contributed by atoms with Gasteiger partial charge in [-0.15, -0.1) is 0 Å². The number of nitrogens with zero attached hydrogens (tertiary/aromatic N) is 1. The average molecular weight is 350 g/mol. The van der Waals surface area contributed by atoms with Gasteiger partial charge in [-0.2, -0.15) is 0 Å². The van der Waals surface area contributed by atoms with Crippen LogP contribution in [0.15, 0.2) is 54.6 Å². The van der Waals surface area contributed by atoms with Crippen LogP contribution in [-0.2, 0) is 0 Å². The molecule has 0 atom stereocenters. The van der Waals surface area contributed by atoms with Gasteiger partial charge in [0.05, 0.1) is 6.54 Å². The number of hydrogen-bond acceptors (Lipinski definition) is 3. The number of benzene rings is 2. The molecule has 0 radical (unpaired) electrons. The van der Waals surface area contributed by atoms with E-state index in [1.54, 1.807) is 18.2 Å². The predicted molar refractivity (Wildman–Crippen MR) is 105 cm³/mol. The summed E-state index contributed by atoms with van der Waals surface area (Å²) in [5, 5.41) is 2.74. The monoisotopic (exact) mass is 350 g/mol. The lowest BCUT2D eigenvalue weighted by Gasteiger charge is -2.33. The lowest BCUT2D eigenvalue weighted by molar-refractivity contribution is 0.0904. The number of nitrogens with one attached hydrogen (secondary N) is 1. The molecule has 2 aromatic rings. The summed E-state index contributed by atoms with van der Waals surface area (Å²) < 4.78 is 0. The molecule has 2 aromatic carbocycles. The van der Waals surface area contributed by atoms with E-state index in [9.17, 15) is 9.59 Å². The lowest BCUT2D eigenvalue weighted by Crippen LogP contribution is -2.33. The van der Waals surface area contributed by atoms with Gasteiger partial charge in [0.25, 0.3) is 5.91 Å². The molecule has 1 aliphatic carbocycles. The Kier molecular flexibility index (Phi) is 6.05. The van der Waals surface area contributed by atoms with Crippen molar-refractivity contribution in [3.63, 3.8) is 0 Å². The van der Waals surface area contributed by atoms with Crippen molar-refractivity contribution >= 4 is 17.4 Å². The highest BCUT2D eigenvalue weighted by Crippen LogP contribution is 2.26. The zero-order valence-electron chi connectivity index (χ0n) is 15.3. The summed E-state index contributed by atoms with van der Waals surface area (Å²) in [5.41, 5.74) is 2.25. The van der Waals surface area contributed by atoms with E-state index in [1.165, 1.54) is 32.1 Å². The average Bonchev–Trinajstić information content (AvgIpc) is 2.72. The zero-order chi connectivity index (χ0) is 18.4. The molecule has 1 fully saturated rings. The topological polar surface area (TPSA) is 49.4 Å². The van der Waals surface area contributed by atoms with Crippen molar-refractivity contribution in [3.05, 3.63) is 65.7 Å². The quantitative estimate of drug-likeness (QED) is 0.799. The summed E-state index contributed by atoms with van der Waals surface area (Å²) in [7, 11) is 2.10. The van der Waals surface area contributed by atoms with E-state index in [0.717, 1.165) is 5.69 Å². The number of carbonyl (C=O) groups is 2. The summed E-state index contributed by atoms with van der Waals surface area (Å²) in [6.07, 6.45) is 6.28. The summed E-state index contributed by atoms with van der Waals surface area (Å²) >= 11 is 0. The van der Waals surface area contributed by atoms with Crippen LogP contribution >= 0.6 is 0 Å². The maximum absolute atomic E-state index is 12.4. The fourth-order valence-corrected chi connectivity index (χ4v) is 3.53. The standard InChI is InChI=1S/C22H26N2O2/c1-24(19-12-6-3-7-13-19)20-14-8-11-18(15-20)22(26)23-16-21(25)17-9-4-2-5-10-17/h2,4-5,8-11,14-15,19H,3,6-7,12-13,16H2,1H3,(H,23,26). The van der Waals surface area contributed by atoms with E-state index in [1.807, 2.05) is 36.4 Å². The molecule has 4 heteroatoms. The Morgan fingerprint density at radius 1 is 0.962 bits per heavy atom. The number of ketones is 1. The van der Waals surface area contributed by atoms with E-state index in [2.05, 4.69) is 17.3 Å². The van der Waals surface area contributed by atoms with Crippen LogP contribution < -0.4 is 10.2 Å². The van der Waals surface area contributed by atoms with Gasteiger partial charge in [0, 0.05) is 29.9 Å². The molecule has 1 aliphatic rings. The van der Waals surface area contributed by atoms with Gasteiger partial charge in [0.2, 0.25) is 0 Å². The number of rotatable bonds is 6. The normalized spacial score (nSPS) is 14.7. The molecule has 0 aliphatic heterocycles. The van der Waals surface area contributed by atoms with Crippen molar-refractivity contribution in [1.82, 2.24) is 5.32 Å². The van der Waals surface area contributed by atoms with Crippen LogP contribution in [0.25, 0.3) is 0 Å². The molecule has 1 amide bonds. The minimum atomic E-state index is -0.215. The first-order chi connectivity index (χ1) is 12.6. The van der Waals surface area contributed by atoms with Gasteiger partial charge in [-0.25, -0.2) is 0 Å². The van der Waals surface area contributed by atoms with Gasteiger partial charge in [-0.1, -0.05) is 55.7 Å². The maximum Gasteiger partial charge on any atom is 0.251 e. The molecule has 136 valence electrons. The third-order valence-corrected chi connectivity index (χ3v) is 5.14. The molecule has 1 N–H and O–H groups in total. The molecule has 0 bridgehead atoms. The van der Waals surface area contributed by atoms with Crippen LogP contribution in [0.2, 0.25) is 0 Å². The van der Waals surface area contributed by atoms with Crippen molar-refractivity contribution in [1.29, 1.82) is 0 Å². The van der Waals surface area contributed by atoms with Crippen molar-refractivity contribution in [2.24, 2.45) is 0 Å². The fraction of sp³-hybridized carbons (Fsp3) is 0.364. The Morgan fingerprint density at radius 2 is 1.65 bits per heavy atom. The van der Waals surface area contributed by atoms with Crippen LogP contribution in [0.1, 0.15) is 52.8 Å². The first kappa shape index (κ1) is 18.2. The molecule has 0 saturated heterocycles. The molecule has 0 aromatic heterocycles. The smallest absolute Gasteiger partial charge is 0.251 e. The fourth-order valence-electron chi connectivity index (χ4n) is 3.53. The molecule has 3 rings (SSSR count). The zero-order valence-corrected chi connectivity index (χ0v) is 15.3. The molecular formula is C22H26N2O2. The highest BCUT2D eigenvalue weighted by atomic mass is 16.2. The summed E-state index contributed by atoms with van der Waals surface area (Å²) in [5.74, 6) is -0.303. The third-order valence-electron chi connectivity index (χ3n) is 5.14. The van der Waals surface area contributed by atoms with E-state index < -0.39 is 0 Å². The van der Waals surface area contributed by atoms with Crippen molar-refractivity contribution in [2.75, 3.05) is 18.5 Å². The first-order valence-corrected chi connectivity index (χ1v) is 9.34. The molecule has 26 heavy (non-hydrogen) atoms. The van der Waals surface area contributed by atoms with Gasteiger partial charge >= 0.3 is 0 Å². The lowest BCUT2D eigenvalue weighted by atomic mass is 9.94. The van der Waals surface area contributed by atoms with E-state index >= 15 is 0 Å². The number of anilines is 1. The first-order valence-electron chi connectivity index (χ1n) is 9.34. The van der Waals surface area contributed by atoms with Crippen LogP contribution in [0, 0.1) is 0 Å². The molecular weight excluding hydrogens is 324 g/mol. The molecule has 0 spiro atoms. The van der Waals surface area contributed by atoms with Crippen molar-refractivity contribution in [2.45, 2.75) is 38.1 Å². The Labute approximate surface area is 155 Å². The second-order valence-corrected chi connectivity index (χ2v) is 6.92. The maximum atomic E-state index is 12.4. The van der Waals surface area contributed by atoms with Gasteiger partial charge in [0.15, 0.2) is 5.78 Å². The van der Waals surface area contributed by atoms with Gasteiger partial charge in [0.1, 0.15) is 0 Å². The summed E-state index contributed by atoms with van der Waals surface area (Å²) in [4.78, 5) is 26.9. The van der Waals surface area contributed by atoms with Crippen molar-refractivity contribution < 1.29 is 9.59 Å². The van der Waals surface area contributed by atoms with Crippen LogP contribution in [0.5, 0.6) is 0 Å². The SMILES string of the molecule is CN(c1cccc(C(=O)NCC(=O)c2ccccc2)c1)C1CCCCC1. The summed E-state index contributed by atoms with van der Waals surface area (Å²) in [6.45, 7) is 0.00549. The van der Waals surface area contributed by atoms with E-state index in [4.69, 9.17) is 0 Å². The third kappa shape index (κ3) is 4.51. The molecule has 0 unspecified atom stereocenters. The van der Waals surface area contributed by atoms with Crippen LogP contribution in [0.3, 0.4) is 0 Å². The number of Topliss-reactive ketones (excluding diaryl/α,β-unsaturated/α-hetero) is 1. The van der Waals surface area contributed by atoms with Gasteiger partial charge < -0.3 is 10.2 Å². The molecule has 1 saturated carbocycles. The Bertz CT molecular complexity index is 752. The Morgan fingerprint density at radius 3 is 2.38 bits per heavy atom. The highest BCUT2D eigenvalue weighted by Gasteiger charge is 2.19. The van der Waals surface area contributed by atoms with Gasteiger partial charge in [-0.05, 0) is 31.0 Å². The van der Waals surface area contributed by atoms with Crippen molar-refractivity contribution in [3.8, 4) is 0 Å². The minimum absolute atomic E-state index is 0.00549. The Hall–Kier alpha value is -2.62. The Balaban J connectivity index is 1.61. The molecule has 0 heterocycles. The second-order valence-electron chi connectivity index (χ2n) is 6.92. The van der Waals surface area contributed by atoms with Gasteiger partial charge in [-0.3, -0.25) is 9.59 Å². The predicted octanol–water partition coefficient (Wildman–Crippen LogP) is 4.07. The van der Waals surface area contributed by atoms with Crippen LogP contribution in [0.4, 0.5) is 5.69 Å². The largest absolute Gasteiger partial charge is 0.372 e. The highest BCUT2D eigenvalue weighted by molar-refractivity contribution is 6.02. The minimum Gasteiger partial charge on any atom is -0.372 e. The number of amides is 1.